The molecule has 2 atom stereocenters. The minimum Gasteiger partial charge on any atom is -0.480 e. The van der Waals surface area contributed by atoms with Crippen LogP contribution in [0.1, 0.15) is 38.9 Å². The van der Waals surface area contributed by atoms with Crippen LogP contribution in [0.4, 0.5) is 5.13 Å². The van der Waals surface area contributed by atoms with Gasteiger partial charge in [-0.05, 0) is 12.8 Å². The maximum Gasteiger partial charge on any atom is 0.326 e. The fourth-order valence-corrected chi connectivity index (χ4v) is 2.47. The van der Waals surface area contributed by atoms with Gasteiger partial charge in [0.25, 0.3) is 0 Å². The number of thiazole rings is 1. The standard InChI is InChI=1S/C12H21N3O2S/c1-4-8(3)6-15(5-2)12-14-9(7-18-12)10(13)11(16)17/h7-8,10H,4-6,13H2,1-3H3,(H,16,17). The molecule has 5 nitrogen and oxygen atoms in total. The van der Waals surface area contributed by atoms with Crippen molar-refractivity contribution in [2.24, 2.45) is 11.7 Å². The molecule has 0 aliphatic heterocycles. The topological polar surface area (TPSA) is 79.5 Å². The molecule has 1 heterocycles. The predicted octanol–water partition coefficient (Wildman–Crippen LogP) is 2.10. The van der Waals surface area contributed by atoms with Crippen molar-refractivity contribution in [1.29, 1.82) is 0 Å². The second kappa shape index (κ2) is 6.70. The molecule has 0 aliphatic rings. The van der Waals surface area contributed by atoms with E-state index in [2.05, 4.69) is 30.7 Å². The van der Waals surface area contributed by atoms with Crippen molar-refractivity contribution in [3.63, 3.8) is 0 Å². The third kappa shape index (κ3) is 3.68. The van der Waals surface area contributed by atoms with Crippen LogP contribution in [-0.4, -0.2) is 29.1 Å². The Kier molecular flexibility index (Phi) is 5.55. The van der Waals surface area contributed by atoms with Crippen LogP contribution >= 0.6 is 11.3 Å². The summed E-state index contributed by atoms with van der Waals surface area (Å²) in [5.74, 6) is -0.456. The number of aromatic nitrogens is 1. The van der Waals surface area contributed by atoms with E-state index in [0.717, 1.165) is 24.6 Å². The van der Waals surface area contributed by atoms with E-state index in [1.807, 2.05) is 0 Å². The molecule has 1 rings (SSSR count). The van der Waals surface area contributed by atoms with Crippen molar-refractivity contribution in [2.75, 3.05) is 18.0 Å². The summed E-state index contributed by atoms with van der Waals surface area (Å²) in [5.41, 5.74) is 5.98. The van der Waals surface area contributed by atoms with Gasteiger partial charge in [0, 0.05) is 18.5 Å². The summed E-state index contributed by atoms with van der Waals surface area (Å²) >= 11 is 1.45. The highest BCUT2D eigenvalue weighted by atomic mass is 32.1. The van der Waals surface area contributed by atoms with Crippen LogP contribution in [0.2, 0.25) is 0 Å². The van der Waals surface area contributed by atoms with E-state index >= 15 is 0 Å². The van der Waals surface area contributed by atoms with E-state index in [1.165, 1.54) is 11.3 Å². The molecule has 1 aromatic rings. The molecule has 0 aromatic carbocycles. The zero-order chi connectivity index (χ0) is 13.7. The quantitative estimate of drug-likeness (QED) is 0.794. The maximum atomic E-state index is 10.8. The maximum absolute atomic E-state index is 10.8. The molecule has 18 heavy (non-hydrogen) atoms. The van der Waals surface area contributed by atoms with Gasteiger partial charge in [0.15, 0.2) is 5.13 Å². The molecular weight excluding hydrogens is 250 g/mol. The van der Waals surface area contributed by atoms with Crippen molar-refractivity contribution in [1.82, 2.24) is 4.98 Å². The number of carboxylic acids is 1. The lowest BCUT2D eigenvalue weighted by Gasteiger charge is -2.23. The van der Waals surface area contributed by atoms with Gasteiger partial charge in [0.2, 0.25) is 0 Å². The van der Waals surface area contributed by atoms with Gasteiger partial charge in [-0.15, -0.1) is 11.3 Å². The van der Waals surface area contributed by atoms with E-state index in [4.69, 9.17) is 10.8 Å². The highest BCUT2D eigenvalue weighted by Gasteiger charge is 2.19. The number of rotatable bonds is 7. The minimum absolute atomic E-state index is 0.435. The van der Waals surface area contributed by atoms with E-state index < -0.39 is 12.0 Å². The first-order valence-electron chi connectivity index (χ1n) is 6.18. The first kappa shape index (κ1) is 14.9. The van der Waals surface area contributed by atoms with Crippen molar-refractivity contribution in [3.8, 4) is 0 Å². The molecule has 6 heteroatoms. The van der Waals surface area contributed by atoms with Gasteiger partial charge < -0.3 is 15.7 Å². The van der Waals surface area contributed by atoms with E-state index in [1.54, 1.807) is 5.38 Å². The summed E-state index contributed by atoms with van der Waals surface area (Å²) in [6, 6.07) is -1.03. The Morgan fingerprint density at radius 2 is 2.28 bits per heavy atom. The average Bonchev–Trinajstić information content (AvgIpc) is 2.83. The molecule has 102 valence electrons. The molecule has 0 saturated carbocycles. The number of aliphatic carboxylic acids is 1. The smallest absolute Gasteiger partial charge is 0.326 e. The van der Waals surface area contributed by atoms with Gasteiger partial charge in [-0.3, -0.25) is 4.79 Å². The fourth-order valence-electron chi connectivity index (χ4n) is 1.54. The third-order valence-corrected chi connectivity index (χ3v) is 3.90. The molecule has 0 spiro atoms. The van der Waals surface area contributed by atoms with Crippen LogP contribution in [-0.2, 0) is 4.79 Å². The number of nitrogens with two attached hydrogens (primary N) is 1. The third-order valence-electron chi connectivity index (χ3n) is 2.98. The summed E-state index contributed by atoms with van der Waals surface area (Å²) in [6.45, 7) is 8.22. The number of carbonyl (C=O) groups is 1. The van der Waals surface area contributed by atoms with Crippen LogP contribution in [0, 0.1) is 5.92 Å². The van der Waals surface area contributed by atoms with Crippen LogP contribution in [0.25, 0.3) is 0 Å². The van der Waals surface area contributed by atoms with E-state index in [0.29, 0.717) is 11.6 Å². The predicted molar refractivity (Wildman–Crippen MR) is 74.0 cm³/mol. The summed E-state index contributed by atoms with van der Waals surface area (Å²) in [7, 11) is 0. The lowest BCUT2D eigenvalue weighted by Crippen LogP contribution is -2.28. The summed E-state index contributed by atoms with van der Waals surface area (Å²) < 4.78 is 0. The van der Waals surface area contributed by atoms with Crippen LogP contribution in [0.3, 0.4) is 0 Å². The van der Waals surface area contributed by atoms with Crippen molar-refractivity contribution in [2.45, 2.75) is 33.2 Å². The molecule has 0 amide bonds. The molecule has 0 bridgehead atoms. The Morgan fingerprint density at radius 3 is 2.78 bits per heavy atom. The zero-order valence-corrected chi connectivity index (χ0v) is 11.9. The number of hydrogen-bond donors (Lipinski definition) is 2. The first-order chi connectivity index (χ1) is 8.49. The van der Waals surface area contributed by atoms with Gasteiger partial charge in [-0.1, -0.05) is 20.3 Å². The Bertz CT molecular complexity index is 394. The van der Waals surface area contributed by atoms with Gasteiger partial charge in [-0.25, -0.2) is 4.98 Å². The fraction of sp³-hybridized carbons (Fsp3) is 0.667. The van der Waals surface area contributed by atoms with Gasteiger partial charge >= 0.3 is 5.97 Å². The molecule has 3 N–H and O–H groups in total. The summed E-state index contributed by atoms with van der Waals surface area (Å²) in [5, 5.41) is 11.4. The lowest BCUT2D eigenvalue weighted by molar-refractivity contribution is -0.138. The molecule has 2 unspecified atom stereocenters. The Hall–Kier alpha value is -1.14. The van der Waals surface area contributed by atoms with Crippen LogP contribution in [0.5, 0.6) is 0 Å². The Morgan fingerprint density at radius 1 is 1.61 bits per heavy atom. The number of nitrogens with zero attached hydrogens (tertiary/aromatic N) is 2. The number of anilines is 1. The monoisotopic (exact) mass is 271 g/mol. The molecule has 0 aliphatic carbocycles. The van der Waals surface area contributed by atoms with Crippen molar-refractivity contribution >= 4 is 22.4 Å². The van der Waals surface area contributed by atoms with E-state index in [-0.39, 0.29) is 0 Å². The highest BCUT2D eigenvalue weighted by molar-refractivity contribution is 7.13. The van der Waals surface area contributed by atoms with E-state index in [9.17, 15) is 4.79 Å². The Labute approximate surface area is 112 Å². The molecule has 0 saturated heterocycles. The molecule has 0 radical (unpaired) electrons. The number of hydrogen-bond acceptors (Lipinski definition) is 5. The normalized spacial score (nSPS) is 14.2. The van der Waals surface area contributed by atoms with Crippen molar-refractivity contribution in [3.05, 3.63) is 11.1 Å². The number of carboxylic acid groups (broad SMARTS) is 1. The molecular formula is C12H21N3O2S. The van der Waals surface area contributed by atoms with Crippen LogP contribution in [0.15, 0.2) is 5.38 Å². The highest BCUT2D eigenvalue weighted by Crippen LogP contribution is 2.24. The van der Waals surface area contributed by atoms with Crippen molar-refractivity contribution < 1.29 is 9.90 Å². The van der Waals surface area contributed by atoms with Gasteiger partial charge in [0.05, 0.1) is 5.69 Å². The largest absolute Gasteiger partial charge is 0.480 e. The minimum atomic E-state index is -1.04. The van der Waals surface area contributed by atoms with Gasteiger partial charge in [0.1, 0.15) is 6.04 Å². The lowest BCUT2D eigenvalue weighted by atomic mass is 10.1. The molecule has 1 aromatic heterocycles. The average molecular weight is 271 g/mol. The Balaban J connectivity index is 2.79. The second-order valence-electron chi connectivity index (χ2n) is 4.42. The summed E-state index contributed by atoms with van der Waals surface area (Å²) in [6.07, 6.45) is 1.11. The van der Waals surface area contributed by atoms with Crippen LogP contribution < -0.4 is 10.6 Å². The summed E-state index contributed by atoms with van der Waals surface area (Å²) in [4.78, 5) is 17.3. The van der Waals surface area contributed by atoms with Gasteiger partial charge in [-0.2, -0.15) is 0 Å². The SMILES string of the molecule is CCC(C)CN(CC)c1nc(C(N)C(=O)O)cs1. The zero-order valence-electron chi connectivity index (χ0n) is 11.1. The first-order valence-corrected chi connectivity index (χ1v) is 7.06. The molecule has 0 fully saturated rings. The second-order valence-corrected chi connectivity index (χ2v) is 5.26.